The Balaban J connectivity index is 2.44. The molecule has 1 aromatic carbocycles. The van der Waals surface area contributed by atoms with Crippen molar-refractivity contribution in [2.75, 3.05) is 6.54 Å². The molecule has 1 rings (SSSR count). The van der Waals surface area contributed by atoms with Gasteiger partial charge in [0, 0.05) is 6.04 Å². The summed E-state index contributed by atoms with van der Waals surface area (Å²) in [4.78, 5) is 0. The third-order valence-electron chi connectivity index (χ3n) is 2.85. The molecule has 0 saturated heterocycles. The Kier molecular flexibility index (Phi) is 6.09. The maximum absolute atomic E-state index is 12.8. The average molecular weight is 223 g/mol. The van der Waals surface area contributed by atoms with Gasteiger partial charge < -0.3 is 5.32 Å². The third-order valence-corrected chi connectivity index (χ3v) is 2.85. The fraction of sp³-hybridized carbons (Fsp3) is 0.571. The molecule has 0 heterocycles. The quantitative estimate of drug-likeness (QED) is 0.687. The third kappa shape index (κ3) is 4.31. The summed E-state index contributed by atoms with van der Waals surface area (Å²) in [5, 5.41) is 3.52. The molecule has 0 radical (unpaired) electrons. The number of nitrogens with one attached hydrogen (secondary N) is 1. The minimum Gasteiger partial charge on any atom is -0.310 e. The normalized spacial score (nSPS) is 12.7. The van der Waals surface area contributed by atoms with Crippen molar-refractivity contribution in [1.82, 2.24) is 5.32 Å². The molecular formula is C14H22FN. The van der Waals surface area contributed by atoms with Gasteiger partial charge in [-0.15, -0.1) is 0 Å². The van der Waals surface area contributed by atoms with Gasteiger partial charge in [0.25, 0.3) is 0 Å². The van der Waals surface area contributed by atoms with Crippen LogP contribution in [-0.2, 0) is 0 Å². The predicted molar refractivity (Wildman–Crippen MR) is 67.0 cm³/mol. The molecule has 0 aromatic heterocycles. The highest BCUT2D eigenvalue weighted by Gasteiger charge is 2.07. The standard InChI is InChI=1S/C14H22FN/c1-3-5-6-11-16-14(4-2)12-7-9-13(15)10-8-12/h7-10,14,16H,3-6,11H2,1-2H3. The van der Waals surface area contributed by atoms with Crippen molar-refractivity contribution in [2.24, 2.45) is 0 Å². The second kappa shape index (κ2) is 7.39. The second-order valence-electron chi connectivity index (χ2n) is 4.17. The van der Waals surface area contributed by atoms with Crippen molar-refractivity contribution in [3.63, 3.8) is 0 Å². The van der Waals surface area contributed by atoms with Gasteiger partial charge in [0.2, 0.25) is 0 Å². The molecule has 90 valence electrons. The zero-order valence-corrected chi connectivity index (χ0v) is 10.3. The number of rotatable bonds is 7. The van der Waals surface area contributed by atoms with Crippen molar-refractivity contribution >= 4 is 0 Å². The van der Waals surface area contributed by atoms with E-state index in [2.05, 4.69) is 19.2 Å². The first-order chi connectivity index (χ1) is 7.77. The lowest BCUT2D eigenvalue weighted by Gasteiger charge is -2.17. The van der Waals surface area contributed by atoms with E-state index in [0.717, 1.165) is 13.0 Å². The van der Waals surface area contributed by atoms with Crippen LogP contribution < -0.4 is 5.32 Å². The molecule has 2 heteroatoms. The lowest BCUT2D eigenvalue weighted by molar-refractivity contribution is 0.500. The lowest BCUT2D eigenvalue weighted by Crippen LogP contribution is -2.21. The van der Waals surface area contributed by atoms with Crippen molar-refractivity contribution < 1.29 is 4.39 Å². The first kappa shape index (κ1) is 13.2. The molecule has 0 fully saturated rings. The summed E-state index contributed by atoms with van der Waals surface area (Å²) in [6, 6.07) is 7.17. The highest BCUT2D eigenvalue weighted by atomic mass is 19.1. The van der Waals surface area contributed by atoms with E-state index in [1.165, 1.54) is 37.0 Å². The number of hydrogen-bond acceptors (Lipinski definition) is 1. The summed E-state index contributed by atoms with van der Waals surface area (Å²) >= 11 is 0. The molecule has 1 N–H and O–H groups in total. The van der Waals surface area contributed by atoms with Gasteiger partial charge in [0.15, 0.2) is 0 Å². The maximum Gasteiger partial charge on any atom is 0.123 e. The lowest BCUT2D eigenvalue weighted by atomic mass is 10.0. The molecule has 0 aliphatic rings. The van der Waals surface area contributed by atoms with E-state index in [1.54, 1.807) is 0 Å². The molecule has 1 nitrogen and oxygen atoms in total. The minimum absolute atomic E-state index is 0.162. The number of hydrogen-bond donors (Lipinski definition) is 1. The monoisotopic (exact) mass is 223 g/mol. The minimum atomic E-state index is -0.162. The van der Waals surface area contributed by atoms with E-state index in [-0.39, 0.29) is 5.82 Å². The summed E-state index contributed by atoms with van der Waals surface area (Å²) in [7, 11) is 0. The first-order valence-corrected chi connectivity index (χ1v) is 6.26. The summed E-state index contributed by atoms with van der Waals surface area (Å²) in [5.74, 6) is -0.162. The number of unbranched alkanes of at least 4 members (excludes halogenated alkanes) is 2. The molecule has 0 amide bonds. The topological polar surface area (TPSA) is 12.0 Å². The van der Waals surface area contributed by atoms with Gasteiger partial charge in [-0.25, -0.2) is 4.39 Å². The second-order valence-corrected chi connectivity index (χ2v) is 4.17. The van der Waals surface area contributed by atoms with Crippen molar-refractivity contribution in [3.8, 4) is 0 Å². The fourth-order valence-electron chi connectivity index (χ4n) is 1.84. The fourth-order valence-corrected chi connectivity index (χ4v) is 1.84. The smallest absolute Gasteiger partial charge is 0.123 e. The Morgan fingerprint density at radius 2 is 1.81 bits per heavy atom. The van der Waals surface area contributed by atoms with Gasteiger partial charge in [-0.3, -0.25) is 0 Å². The van der Waals surface area contributed by atoms with Crippen LogP contribution in [0.25, 0.3) is 0 Å². The Bertz CT molecular complexity index is 281. The van der Waals surface area contributed by atoms with Gasteiger partial charge in [-0.1, -0.05) is 38.8 Å². The highest BCUT2D eigenvalue weighted by Crippen LogP contribution is 2.16. The van der Waals surface area contributed by atoms with Crippen LogP contribution >= 0.6 is 0 Å². The van der Waals surface area contributed by atoms with Crippen LogP contribution in [0.2, 0.25) is 0 Å². The summed E-state index contributed by atoms with van der Waals surface area (Å²) in [6.07, 6.45) is 4.77. The van der Waals surface area contributed by atoms with Crippen molar-refractivity contribution in [3.05, 3.63) is 35.6 Å². The predicted octanol–water partition coefficient (Wildman–Crippen LogP) is 4.06. The molecule has 0 aliphatic heterocycles. The average Bonchev–Trinajstić information content (AvgIpc) is 2.31. The van der Waals surface area contributed by atoms with E-state index < -0.39 is 0 Å². The van der Waals surface area contributed by atoms with Gasteiger partial charge in [0.1, 0.15) is 5.82 Å². The van der Waals surface area contributed by atoms with Crippen molar-refractivity contribution in [1.29, 1.82) is 0 Å². The van der Waals surface area contributed by atoms with E-state index in [1.807, 2.05) is 12.1 Å². The number of benzene rings is 1. The molecule has 1 unspecified atom stereocenters. The van der Waals surface area contributed by atoms with Crippen LogP contribution in [0.3, 0.4) is 0 Å². The molecule has 1 atom stereocenters. The molecule has 0 aliphatic carbocycles. The Hall–Kier alpha value is -0.890. The Morgan fingerprint density at radius 3 is 2.38 bits per heavy atom. The van der Waals surface area contributed by atoms with Crippen LogP contribution in [0.1, 0.15) is 51.1 Å². The zero-order valence-electron chi connectivity index (χ0n) is 10.3. The van der Waals surface area contributed by atoms with Crippen LogP contribution in [0, 0.1) is 5.82 Å². The van der Waals surface area contributed by atoms with Crippen molar-refractivity contribution in [2.45, 2.75) is 45.6 Å². The van der Waals surface area contributed by atoms with E-state index >= 15 is 0 Å². The summed E-state index contributed by atoms with van der Waals surface area (Å²) in [5.41, 5.74) is 1.18. The first-order valence-electron chi connectivity index (χ1n) is 6.26. The molecule has 0 saturated carbocycles. The molecule has 16 heavy (non-hydrogen) atoms. The van der Waals surface area contributed by atoms with Gasteiger partial charge >= 0.3 is 0 Å². The van der Waals surface area contributed by atoms with Gasteiger partial charge in [-0.2, -0.15) is 0 Å². The van der Waals surface area contributed by atoms with E-state index in [0.29, 0.717) is 6.04 Å². The van der Waals surface area contributed by atoms with E-state index in [4.69, 9.17) is 0 Å². The van der Waals surface area contributed by atoms with Crippen LogP contribution in [-0.4, -0.2) is 6.54 Å². The molecular weight excluding hydrogens is 201 g/mol. The Labute approximate surface area is 98.1 Å². The maximum atomic E-state index is 12.8. The summed E-state index contributed by atoms with van der Waals surface area (Å²) in [6.45, 7) is 5.40. The summed E-state index contributed by atoms with van der Waals surface area (Å²) < 4.78 is 12.8. The van der Waals surface area contributed by atoms with Crippen LogP contribution in [0.4, 0.5) is 4.39 Å². The van der Waals surface area contributed by atoms with Crippen LogP contribution in [0.5, 0.6) is 0 Å². The van der Waals surface area contributed by atoms with E-state index in [9.17, 15) is 4.39 Å². The van der Waals surface area contributed by atoms with Crippen LogP contribution in [0.15, 0.2) is 24.3 Å². The van der Waals surface area contributed by atoms with Gasteiger partial charge in [-0.05, 0) is 37.1 Å². The highest BCUT2D eigenvalue weighted by molar-refractivity contribution is 5.19. The zero-order chi connectivity index (χ0) is 11.8. The SMILES string of the molecule is CCCCCNC(CC)c1ccc(F)cc1. The molecule has 1 aromatic rings. The Morgan fingerprint density at radius 1 is 1.12 bits per heavy atom. The van der Waals surface area contributed by atoms with Gasteiger partial charge in [0.05, 0.1) is 0 Å². The largest absolute Gasteiger partial charge is 0.310 e. The number of halogens is 1. The molecule has 0 bridgehead atoms. The molecule has 0 spiro atoms.